The Hall–Kier alpha value is -3.44. The summed E-state index contributed by atoms with van der Waals surface area (Å²) in [6, 6.07) is 11.0. The minimum Gasteiger partial charge on any atom is -0.366 e. The van der Waals surface area contributed by atoms with Crippen LogP contribution in [0.4, 0.5) is 0 Å². The minimum atomic E-state index is -0.387. The lowest BCUT2D eigenvalue weighted by Gasteiger charge is -2.31. The van der Waals surface area contributed by atoms with Crippen LogP contribution in [0.2, 0.25) is 0 Å². The first kappa shape index (κ1) is 23.3. The van der Waals surface area contributed by atoms with Crippen LogP contribution in [0.25, 0.3) is 33.3 Å². The maximum atomic E-state index is 11.9. The average Bonchev–Trinajstić information content (AvgIpc) is 3.24. The molecule has 5 heteroatoms. The van der Waals surface area contributed by atoms with Gasteiger partial charge in [0, 0.05) is 41.0 Å². The number of aryl methyl sites for hydroxylation is 2. The average molecular weight is 467 g/mol. The highest BCUT2D eigenvalue weighted by Crippen LogP contribution is 2.37. The Morgan fingerprint density at radius 3 is 2.57 bits per heavy atom. The maximum absolute atomic E-state index is 11.9. The molecular formula is C30H34N4O. The molecule has 0 aliphatic carbocycles. The van der Waals surface area contributed by atoms with Gasteiger partial charge in [0.05, 0.1) is 0 Å². The number of nitrogens with zero attached hydrogens (tertiary/aromatic N) is 2. The number of H-pyrrole nitrogens is 1. The summed E-state index contributed by atoms with van der Waals surface area (Å²) in [5.41, 5.74) is 17.4. The molecule has 1 aliphatic heterocycles. The number of likely N-dealkylation sites (tertiary alicyclic amines) is 1. The molecule has 2 aromatic carbocycles. The highest BCUT2D eigenvalue weighted by molar-refractivity contribution is 6.00. The lowest BCUT2D eigenvalue weighted by Crippen LogP contribution is -2.31. The number of nitrogens with one attached hydrogen (secondary N) is 1. The Labute approximate surface area is 207 Å². The van der Waals surface area contributed by atoms with Gasteiger partial charge < -0.3 is 15.6 Å². The highest BCUT2D eigenvalue weighted by Gasteiger charge is 2.21. The number of rotatable bonds is 4. The fraction of sp³-hybridized carbons (Fsp3) is 0.333. The Bertz CT molecular complexity index is 1450. The van der Waals surface area contributed by atoms with E-state index in [0.29, 0.717) is 11.5 Å². The molecule has 0 radical (unpaired) electrons. The van der Waals surface area contributed by atoms with Crippen LogP contribution in [0, 0.1) is 27.7 Å². The zero-order chi connectivity index (χ0) is 24.9. The van der Waals surface area contributed by atoms with Crippen LogP contribution >= 0.6 is 0 Å². The third kappa shape index (κ3) is 4.14. The van der Waals surface area contributed by atoms with Crippen molar-refractivity contribution in [2.45, 2.75) is 46.5 Å². The van der Waals surface area contributed by atoms with Crippen molar-refractivity contribution in [3.63, 3.8) is 0 Å². The summed E-state index contributed by atoms with van der Waals surface area (Å²) in [5.74, 6) is 0.221. The monoisotopic (exact) mass is 466 g/mol. The number of amides is 1. The summed E-state index contributed by atoms with van der Waals surface area (Å²) in [5, 5.41) is 1.08. The largest absolute Gasteiger partial charge is 0.366 e. The van der Waals surface area contributed by atoms with E-state index in [-0.39, 0.29) is 5.91 Å². The molecule has 0 spiro atoms. The summed E-state index contributed by atoms with van der Waals surface area (Å²) in [6.07, 6.45) is 6.50. The van der Waals surface area contributed by atoms with E-state index in [1.807, 2.05) is 32.3 Å². The van der Waals surface area contributed by atoms with Crippen molar-refractivity contribution in [3.8, 4) is 22.3 Å². The van der Waals surface area contributed by atoms with E-state index in [2.05, 4.69) is 55.0 Å². The number of likely N-dealkylation sites (N-methyl/N-ethyl adjacent to an activating group) is 1. The molecule has 1 atom stereocenters. The van der Waals surface area contributed by atoms with Gasteiger partial charge in [0.15, 0.2) is 0 Å². The van der Waals surface area contributed by atoms with E-state index in [1.165, 1.54) is 36.1 Å². The normalized spacial score (nSPS) is 16.7. The number of fused-ring (bicyclic) bond motifs is 1. The fourth-order valence-electron chi connectivity index (χ4n) is 5.85. The number of aromatic nitrogens is 2. The molecule has 3 heterocycles. The van der Waals surface area contributed by atoms with Gasteiger partial charge in [0.25, 0.3) is 0 Å². The molecule has 1 saturated heterocycles. The molecule has 0 bridgehead atoms. The van der Waals surface area contributed by atoms with Gasteiger partial charge in [-0.1, -0.05) is 18.2 Å². The van der Waals surface area contributed by atoms with Crippen LogP contribution < -0.4 is 5.73 Å². The van der Waals surface area contributed by atoms with Crippen LogP contribution in [0.1, 0.15) is 56.9 Å². The third-order valence-electron chi connectivity index (χ3n) is 7.83. The van der Waals surface area contributed by atoms with E-state index in [1.54, 1.807) is 0 Å². The maximum Gasteiger partial charge on any atom is 0.248 e. The lowest BCUT2D eigenvalue weighted by molar-refractivity contribution is 0.0999. The smallest absolute Gasteiger partial charge is 0.248 e. The van der Waals surface area contributed by atoms with Crippen molar-refractivity contribution in [3.05, 3.63) is 76.1 Å². The van der Waals surface area contributed by atoms with Gasteiger partial charge in [-0.25, -0.2) is 4.98 Å². The summed E-state index contributed by atoms with van der Waals surface area (Å²) < 4.78 is 0. The Balaban J connectivity index is 1.57. The second kappa shape index (κ2) is 8.97. The zero-order valence-corrected chi connectivity index (χ0v) is 21.3. The van der Waals surface area contributed by atoms with Gasteiger partial charge >= 0.3 is 0 Å². The lowest BCUT2D eigenvalue weighted by atomic mass is 9.86. The first-order valence-electron chi connectivity index (χ1n) is 12.4. The Morgan fingerprint density at radius 2 is 1.86 bits per heavy atom. The molecule has 2 aromatic heterocycles. The van der Waals surface area contributed by atoms with Crippen molar-refractivity contribution in [2.24, 2.45) is 5.73 Å². The quantitative estimate of drug-likeness (QED) is 0.385. The summed E-state index contributed by atoms with van der Waals surface area (Å²) >= 11 is 0. The second-order valence-electron chi connectivity index (χ2n) is 10.2. The van der Waals surface area contributed by atoms with Gasteiger partial charge in [-0.15, -0.1) is 0 Å². The molecule has 5 nitrogen and oxygen atoms in total. The van der Waals surface area contributed by atoms with E-state index in [0.717, 1.165) is 51.0 Å². The molecule has 1 amide bonds. The number of aromatic amines is 1. The molecular weight excluding hydrogens is 432 g/mol. The summed E-state index contributed by atoms with van der Waals surface area (Å²) in [6.45, 7) is 10.6. The number of hydrogen-bond donors (Lipinski definition) is 2. The van der Waals surface area contributed by atoms with Crippen LogP contribution in [0.15, 0.2) is 42.7 Å². The van der Waals surface area contributed by atoms with Gasteiger partial charge in [0.2, 0.25) is 5.91 Å². The SMILES string of the molecule is Cc1cc(-c2cnc3[nH]cc(-c4c(C)cc(C(N)=O)c(C)c4C)c3c2)ccc1C1CCCN(C)C1. The molecule has 1 fully saturated rings. The van der Waals surface area contributed by atoms with E-state index in [4.69, 9.17) is 10.7 Å². The second-order valence-corrected chi connectivity index (χ2v) is 10.2. The van der Waals surface area contributed by atoms with E-state index in [9.17, 15) is 4.79 Å². The molecule has 4 aromatic rings. The summed E-state index contributed by atoms with van der Waals surface area (Å²) in [4.78, 5) is 22.4. The molecule has 0 saturated carbocycles. The van der Waals surface area contributed by atoms with Crippen molar-refractivity contribution in [1.29, 1.82) is 0 Å². The summed E-state index contributed by atoms with van der Waals surface area (Å²) in [7, 11) is 2.22. The minimum absolute atomic E-state index is 0.387. The third-order valence-corrected chi connectivity index (χ3v) is 7.83. The van der Waals surface area contributed by atoms with Gasteiger partial charge in [0.1, 0.15) is 5.65 Å². The van der Waals surface area contributed by atoms with Crippen molar-refractivity contribution in [2.75, 3.05) is 20.1 Å². The Morgan fingerprint density at radius 1 is 1.06 bits per heavy atom. The molecule has 3 N–H and O–H groups in total. The molecule has 1 aliphatic rings. The number of nitrogens with two attached hydrogens (primary N) is 1. The van der Waals surface area contributed by atoms with Gasteiger partial charge in [-0.3, -0.25) is 4.79 Å². The number of carbonyl (C=O) groups excluding carboxylic acids is 1. The zero-order valence-electron chi connectivity index (χ0n) is 21.3. The first-order valence-corrected chi connectivity index (χ1v) is 12.4. The fourth-order valence-corrected chi connectivity index (χ4v) is 5.85. The van der Waals surface area contributed by atoms with Crippen molar-refractivity contribution >= 4 is 16.9 Å². The molecule has 5 rings (SSSR count). The van der Waals surface area contributed by atoms with E-state index >= 15 is 0 Å². The van der Waals surface area contributed by atoms with Crippen molar-refractivity contribution in [1.82, 2.24) is 14.9 Å². The number of primary amides is 1. The van der Waals surface area contributed by atoms with Crippen LogP contribution in [0.5, 0.6) is 0 Å². The number of piperidine rings is 1. The van der Waals surface area contributed by atoms with Crippen LogP contribution in [-0.4, -0.2) is 40.9 Å². The molecule has 35 heavy (non-hydrogen) atoms. The highest BCUT2D eigenvalue weighted by atomic mass is 16.1. The molecule has 180 valence electrons. The van der Waals surface area contributed by atoms with Gasteiger partial charge in [-0.2, -0.15) is 0 Å². The number of hydrogen-bond acceptors (Lipinski definition) is 3. The number of pyridine rings is 1. The topological polar surface area (TPSA) is 75.0 Å². The van der Waals surface area contributed by atoms with Crippen LogP contribution in [0.3, 0.4) is 0 Å². The van der Waals surface area contributed by atoms with Gasteiger partial charge in [-0.05, 0) is 111 Å². The standard InChI is InChI=1S/C30H34N4O/c1-17-11-21(8-9-24(17)22-7-6-10-34(5)16-22)23-13-26-27(15-33-30(26)32-14-23)28-18(2)12-25(29(31)35)19(3)20(28)4/h8-9,11-15,22H,6-7,10,16H2,1-5H3,(H2,31,35)(H,32,33). The van der Waals surface area contributed by atoms with Crippen molar-refractivity contribution < 1.29 is 4.79 Å². The first-order chi connectivity index (χ1) is 16.7. The van der Waals surface area contributed by atoms with E-state index < -0.39 is 0 Å². The number of carbonyl (C=O) groups is 1. The van der Waals surface area contributed by atoms with Crippen LogP contribution in [-0.2, 0) is 0 Å². The predicted molar refractivity (Wildman–Crippen MR) is 144 cm³/mol. The predicted octanol–water partition coefficient (Wildman–Crippen LogP) is 6.04. The Kier molecular flexibility index (Phi) is 5.97. The number of benzene rings is 2. The molecule has 1 unspecified atom stereocenters.